The van der Waals surface area contributed by atoms with Crippen molar-refractivity contribution < 1.29 is 9.21 Å². The van der Waals surface area contributed by atoms with E-state index in [0.717, 1.165) is 12.0 Å². The van der Waals surface area contributed by atoms with Gasteiger partial charge in [0.25, 0.3) is 5.91 Å². The molecule has 4 heterocycles. The zero-order valence-electron chi connectivity index (χ0n) is 17.1. The van der Waals surface area contributed by atoms with Gasteiger partial charge in [0.2, 0.25) is 0 Å². The number of nitrogens with one attached hydrogen (secondary N) is 1. The number of anilines is 1. The van der Waals surface area contributed by atoms with Crippen LogP contribution in [0.5, 0.6) is 0 Å². The summed E-state index contributed by atoms with van der Waals surface area (Å²) in [5.74, 6) is 1.11. The minimum atomic E-state index is -0.183. The largest absolute Gasteiger partial charge is 0.467 e. The van der Waals surface area contributed by atoms with Crippen molar-refractivity contribution in [3.8, 4) is 5.82 Å². The Morgan fingerprint density at radius 1 is 1.23 bits per heavy atom. The summed E-state index contributed by atoms with van der Waals surface area (Å²) >= 11 is 0. The Kier molecular flexibility index (Phi) is 4.95. The number of pyridine rings is 1. The molecule has 0 aliphatic carbocycles. The maximum atomic E-state index is 13.0. The Balaban J connectivity index is 1.31. The van der Waals surface area contributed by atoms with Crippen LogP contribution in [0.3, 0.4) is 0 Å². The number of fused-ring (bicyclic) bond motifs is 1. The van der Waals surface area contributed by atoms with Gasteiger partial charge in [-0.25, -0.2) is 14.6 Å². The molecule has 31 heavy (non-hydrogen) atoms. The predicted octanol–water partition coefficient (Wildman–Crippen LogP) is 3.14. The van der Waals surface area contributed by atoms with E-state index in [-0.39, 0.29) is 5.91 Å². The van der Waals surface area contributed by atoms with Crippen molar-refractivity contribution in [3.63, 3.8) is 0 Å². The van der Waals surface area contributed by atoms with Crippen molar-refractivity contribution >= 4 is 11.6 Å². The molecule has 1 amide bonds. The number of benzene rings is 1. The van der Waals surface area contributed by atoms with E-state index in [2.05, 4.69) is 50.4 Å². The van der Waals surface area contributed by atoms with E-state index in [1.807, 2.05) is 18.2 Å². The number of carbonyl (C=O) groups is 1. The fourth-order valence-corrected chi connectivity index (χ4v) is 4.05. The molecule has 156 valence electrons. The number of furan rings is 1. The predicted molar refractivity (Wildman–Crippen MR) is 115 cm³/mol. The summed E-state index contributed by atoms with van der Waals surface area (Å²) in [6.07, 6.45) is 7.28. The van der Waals surface area contributed by atoms with Gasteiger partial charge in [0.15, 0.2) is 5.82 Å². The molecule has 1 N–H and O–H groups in total. The maximum absolute atomic E-state index is 13.0. The number of carbonyl (C=O) groups excluding carboxylic acids is 1. The highest BCUT2D eigenvalue weighted by Crippen LogP contribution is 2.33. The van der Waals surface area contributed by atoms with Crippen molar-refractivity contribution in [2.24, 2.45) is 0 Å². The summed E-state index contributed by atoms with van der Waals surface area (Å²) in [5, 5.41) is 7.11. The quantitative estimate of drug-likeness (QED) is 0.521. The fourth-order valence-electron chi connectivity index (χ4n) is 4.05. The SMILES string of the molecule is CC1Cc2ccccc2N1Cc1occc1C(=O)NCc1cccnc1-n1cncn1. The number of hydrogen-bond donors (Lipinski definition) is 1. The highest BCUT2D eigenvalue weighted by molar-refractivity contribution is 5.95. The van der Waals surface area contributed by atoms with Crippen LogP contribution in [0.2, 0.25) is 0 Å². The molecule has 3 aromatic heterocycles. The second-order valence-corrected chi connectivity index (χ2v) is 7.58. The first-order valence-corrected chi connectivity index (χ1v) is 10.2. The van der Waals surface area contributed by atoms with Crippen molar-refractivity contribution in [1.29, 1.82) is 0 Å². The van der Waals surface area contributed by atoms with E-state index in [1.54, 1.807) is 29.5 Å². The van der Waals surface area contributed by atoms with Crippen LogP contribution in [-0.2, 0) is 19.5 Å². The first-order valence-electron chi connectivity index (χ1n) is 10.2. The average molecular weight is 414 g/mol. The van der Waals surface area contributed by atoms with Gasteiger partial charge >= 0.3 is 0 Å². The minimum Gasteiger partial charge on any atom is -0.467 e. The molecule has 1 atom stereocenters. The van der Waals surface area contributed by atoms with Crippen molar-refractivity contribution in [2.45, 2.75) is 32.5 Å². The van der Waals surface area contributed by atoms with Crippen molar-refractivity contribution in [1.82, 2.24) is 25.1 Å². The third-order valence-corrected chi connectivity index (χ3v) is 5.60. The van der Waals surface area contributed by atoms with Gasteiger partial charge in [-0.05, 0) is 37.1 Å². The van der Waals surface area contributed by atoms with Crippen LogP contribution in [0.15, 0.2) is 72.0 Å². The van der Waals surface area contributed by atoms with Gasteiger partial charge in [-0.3, -0.25) is 4.79 Å². The molecule has 8 nitrogen and oxygen atoms in total. The van der Waals surface area contributed by atoms with Crippen LogP contribution < -0.4 is 10.2 Å². The monoisotopic (exact) mass is 414 g/mol. The zero-order chi connectivity index (χ0) is 21.2. The highest BCUT2D eigenvalue weighted by Gasteiger charge is 2.28. The third kappa shape index (κ3) is 3.68. The molecule has 1 aliphatic heterocycles. The van der Waals surface area contributed by atoms with Crippen LogP contribution in [0.4, 0.5) is 5.69 Å². The molecule has 0 saturated carbocycles. The first-order chi connectivity index (χ1) is 15.2. The van der Waals surface area contributed by atoms with Crippen LogP contribution in [-0.4, -0.2) is 31.7 Å². The fraction of sp³-hybridized carbons (Fsp3) is 0.217. The summed E-state index contributed by atoms with van der Waals surface area (Å²) in [7, 11) is 0. The Hall–Kier alpha value is -3.94. The normalized spacial score (nSPS) is 15.1. The Bertz CT molecular complexity index is 1200. The van der Waals surface area contributed by atoms with E-state index in [9.17, 15) is 4.79 Å². The molecule has 0 spiro atoms. The molecule has 0 bridgehead atoms. The average Bonchev–Trinajstić information content (AvgIpc) is 3.54. The molecule has 1 unspecified atom stereocenters. The van der Waals surface area contributed by atoms with Gasteiger partial charge in [-0.15, -0.1) is 0 Å². The van der Waals surface area contributed by atoms with Gasteiger partial charge in [0.1, 0.15) is 18.4 Å². The molecule has 0 fully saturated rings. The molecular weight excluding hydrogens is 392 g/mol. The van der Waals surface area contributed by atoms with Gasteiger partial charge in [-0.2, -0.15) is 5.10 Å². The number of hydrogen-bond acceptors (Lipinski definition) is 6. The molecule has 1 aromatic carbocycles. The van der Waals surface area contributed by atoms with Crippen molar-refractivity contribution in [2.75, 3.05) is 4.90 Å². The number of nitrogens with zero attached hydrogens (tertiary/aromatic N) is 5. The van der Waals surface area contributed by atoms with Crippen LogP contribution in [0, 0.1) is 0 Å². The molecular formula is C23H22N6O2. The van der Waals surface area contributed by atoms with E-state index in [0.29, 0.717) is 36.3 Å². The van der Waals surface area contributed by atoms with Crippen LogP contribution >= 0.6 is 0 Å². The van der Waals surface area contributed by atoms with Crippen LogP contribution in [0.25, 0.3) is 5.82 Å². The van der Waals surface area contributed by atoms with Gasteiger partial charge in [0, 0.05) is 30.0 Å². The minimum absolute atomic E-state index is 0.183. The highest BCUT2D eigenvalue weighted by atomic mass is 16.3. The van der Waals surface area contributed by atoms with Gasteiger partial charge in [0.05, 0.1) is 18.4 Å². The Labute approximate surface area is 179 Å². The summed E-state index contributed by atoms with van der Waals surface area (Å²) in [6.45, 7) is 3.05. The van der Waals surface area contributed by atoms with E-state index < -0.39 is 0 Å². The van der Waals surface area contributed by atoms with E-state index in [1.165, 1.54) is 17.6 Å². The van der Waals surface area contributed by atoms with E-state index >= 15 is 0 Å². The zero-order valence-corrected chi connectivity index (χ0v) is 17.1. The summed E-state index contributed by atoms with van der Waals surface area (Å²) in [6, 6.07) is 14.2. The topological polar surface area (TPSA) is 89.1 Å². The maximum Gasteiger partial charge on any atom is 0.255 e. The molecule has 8 heteroatoms. The summed E-state index contributed by atoms with van der Waals surface area (Å²) in [4.78, 5) is 23.6. The second kappa shape index (κ2) is 8.06. The number of rotatable bonds is 6. The lowest BCUT2D eigenvalue weighted by Crippen LogP contribution is -2.30. The Morgan fingerprint density at radius 2 is 2.13 bits per heavy atom. The summed E-state index contributed by atoms with van der Waals surface area (Å²) in [5.41, 5.74) is 3.91. The van der Waals surface area contributed by atoms with E-state index in [4.69, 9.17) is 4.42 Å². The number of para-hydroxylation sites is 1. The molecule has 1 aliphatic rings. The van der Waals surface area contributed by atoms with Crippen LogP contribution in [0.1, 0.15) is 34.2 Å². The smallest absolute Gasteiger partial charge is 0.255 e. The molecule has 0 radical (unpaired) electrons. The molecule has 0 saturated heterocycles. The lowest BCUT2D eigenvalue weighted by Gasteiger charge is -2.24. The lowest BCUT2D eigenvalue weighted by molar-refractivity contribution is 0.0949. The molecule has 5 rings (SSSR count). The van der Waals surface area contributed by atoms with Crippen molar-refractivity contribution in [3.05, 3.63) is 90.0 Å². The number of amides is 1. The van der Waals surface area contributed by atoms with Gasteiger partial charge in [-0.1, -0.05) is 24.3 Å². The lowest BCUT2D eigenvalue weighted by atomic mass is 10.1. The Morgan fingerprint density at radius 3 is 3.00 bits per heavy atom. The summed E-state index contributed by atoms with van der Waals surface area (Å²) < 4.78 is 7.29. The van der Waals surface area contributed by atoms with Gasteiger partial charge < -0.3 is 14.6 Å². The second-order valence-electron chi connectivity index (χ2n) is 7.58. The standard InChI is InChI=1S/C23H22N6O2/c1-16-11-17-5-2-3-7-20(17)28(16)13-21-19(8-10-31-21)23(30)26-12-18-6-4-9-25-22(18)29-15-24-14-27-29/h2-10,14-16H,11-13H2,1H3,(H,26,30). The first kappa shape index (κ1) is 19.0. The molecule has 4 aromatic rings. The number of aromatic nitrogens is 4. The third-order valence-electron chi connectivity index (χ3n) is 5.60.